The highest BCUT2D eigenvalue weighted by atomic mass is 32.1. The second kappa shape index (κ2) is 8.75. The summed E-state index contributed by atoms with van der Waals surface area (Å²) in [6, 6.07) is 1.31. The summed E-state index contributed by atoms with van der Waals surface area (Å²) in [5, 5.41) is 0.134. The molecule has 0 N–H and O–H groups in total. The summed E-state index contributed by atoms with van der Waals surface area (Å²) in [6.45, 7) is 4.48. The van der Waals surface area contributed by atoms with Crippen molar-refractivity contribution in [2.45, 2.75) is 30.7 Å². The van der Waals surface area contributed by atoms with E-state index in [0.717, 1.165) is 18.1 Å². The van der Waals surface area contributed by atoms with Gasteiger partial charge in [-0.15, -0.1) is 6.58 Å². The summed E-state index contributed by atoms with van der Waals surface area (Å²) in [4.78, 5) is 10.8. The van der Waals surface area contributed by atoms with Gasteiger partial charge in [-0.1, -0.05) is 6.08 Å². The number of nitrogens with zero attached hydrogens (tertiary/aromatic N) is 3. The van der Waals surface area contributed by atoms with Crippen LogP contribution >= 0.6 is 12.6 Å². The fourth-order valence-corrected chi connectivity index (χ4v) is 3.46. The molecule has 2 aromatic rings. The summed E-state index contributed by atoms with van der Waals surface area (Å²) in [6.07, 6.45) is 6.74. The van der Waals surface area contributed by atoms with E-state index in [0.29, 0.717) is 25.0 Å². The normalized spacial score (nSPS) is 19.5. The lowest BCUT2D eigenvalue weighted by atomic mass is 10.2. The molecule has 0 amide bonds. The lowest BCUT2D eigenvalue weighted by molar-refractivity contribution is 0.106. The van der Waals surface area contributed by atoms with Gasteiger partial charge in [0.25, 0.3) is 0 Å². The molecule has 0 saturated carbocycles. The highest BCUT2D eigenvalue weighted by Gasteiger charge is 2.32. The Morgan fingerprint density at radius 2 is 1.89 bits per heavy atom. The van der Waals surface area contributed by atoms with Gasteiger partial charge in [0.2, 0.25) is 5.95 Å². The molecule has 0 spiro atoms. The van der Waals surface area contributed by atoms with Crippen molar-refractivity contribution in [3.05, 3.63) is 65.8 Å². The molecule has 1 aromatic carbocycles. The van der Waals surface area contributed by atoms with Crippen LogP contribution in [0, 0.1) is 17.5 Å². The van der Waals surface area contributed by atoms with Gasteiger partial charge in [0, 0.05) is 35.8 Å². The van der Waals surface area contributed by atoms with E-state index < -0.39 is 17.5 Å². The molecule has 1 saturated heterocycles. The fraction of sp³-hybridized carbons (Fsp3) is 0.368. The molecule has 144 valence electrons. The third-order valence-corrected chi connectivity index (χ3v) is 4.75. The largest absolute Gasteiger partial charge is 0.375 e. The molecule has 0 radical (unpaired) electrons. The maximum atomic E-state index is 13.7. The summed E-state index contributed by atoms with van der Waals surface area (Å²) >= 11 is 4.53. The molecule has 8 heteroatoms. The Morgan fingerprint density at radius 3 is 2.59 bits per heavy atom. The number of rotatable bonds is 7. The third-order valence-electron chi connectivity index (χ3n) is 4.38. The van der Waals surface area contributed by atoms with Crippen molar-refractivity contribution >= 4 is 18.6 Å². The van der Waals surface area contributed by atoms with Gasteiger partial charge >= 0.3 is 0 Å². The maximum absolute atomic E-state index is 13.7. The van der Waals surface area contributed by atoms with Crippen molar-refractivity contribution in [1.82, 2.24) is 9.97 Å². The van der Waals surface area contributed by atoms with Crippen molar-refractivity contribution in [3.63, 3.8) is 0 Å². The molecule has 1 aromatic heterocycles. The van der Waals surface area contributed by atoms with Gasteiger partial charge in [0.05, 0.1) is 19.3 Å². The summed E-state index contributed by atoms with van der Waals surface area (Å²) in [5.74, 6) is -2.56. The number of ether oxygens (including phenoxy) is 1. The Hall–Kier alpha value is -2.06. The molecule has 27 heavy (non-hydrogen) atoms. The maximum Gasteiger partial charge on any atom is 0.225 e. The first kappa shape index (κ1) is 19.7. The van der Waals surface area contributed by atoms with E-state index in [1.807, 2.05) is 4.90 Å². The summed E-state index contributed by atoms with van der Waals surface area (Å²) < 4.78 is 45.5. The van der Waals surface area contributed by atoms with Crippen LogP contribution in [0.2, 0.25) is 0 Å². The van der Waals surface area contributed by atoms with Crippen LogP contribution in [0.15, 0.2) is 37.2 Å². The molecule has 4 nitrogen and oxygen atoms in total. The van der Waals surface area contributed by atoms with Crippen molar-refractivity contribution in [3.8, 4) is 0 Å². The monoisotopic (exact) mass is 395 g/mol. The van der Waals surface area contributed by atoms with Crippen molar-refractivity contribution < 1.29 is 17.9 Å². The number of benzene rings is 1. The molecular formula is C19H20F3N3OS. The van der Waals surface area contributed by atoms with Crippen LogP contribution in [0.3, 0.4) is 0 Å². The minimum atomic E-state index is -1.21. The first-order chi connectivity index (χ1) is 13.0. The topological polar surface area (TPSA) is 38.2 Å². The molecule has 0 unspecified atom stereocenters. The Kier molecular flexibility index (Phi) is 6.38. The molecule has 1 aliphatic rings. The van der Waals surface area contributed by atoms with Crippen molar-refractivity contribution in [2.75, 3.05) is 18.1 Å². The Balaban J connectivity index is 1.63. The number of anilines is 1. The minimum Gasteiger partial charge on any atom is -0.375 e. The van der Waals surface area contributed by atoms with Crippen LogP contribution in [-0.2, 0) is 17.8 Å². The second-order valence-corrected chi connectivity index (χ2v) is 7.18. The minimum absolute atomic E-state index is 0.0223. The van der Waals surface area contributed by atoms with Gasteiger partial charge in [0.15, 0.2) is 11.6 Å². The molecule has 2 atom stereocenters. The van der Waals surface area contributed by atoms with Crippen LogP contribution in [-0.4, -0.2) is 34.4 Å². The van der Waals surface area contributed by atoms with Crippen LogP contribution in [0.5, 0.6) is 0 Å². The van der Waals surface area contributed by atoms with E-state index in [1.165, 1.54) is 0 Å². The van der Waals surface area contributed by atoms with E-state index in [9.17, 15) is 13.2 Å². The SMILES string of the molecule is C=CCc1cnc(N2C[C@H](S)C[C@H]2COCc2cc(F)c(F)cc2F)nc1. The quantitative estimate of drug-likeness (QED) is 0.441. The molecule has 3 rings (SSSR count). The number of hydrogen-bond donors (Lipinski definition) is 1. The smallest absolute Gasteiger partial charge is 0.225 e. The predicted octanol–water partition coefficient (Wildman–Crippen LogP) is 3.72. The van der Waals surface area contributed by atoms with Crippen molar-refractivity contribution in [1.29, 1.82) is 0 Å². The Labute approximate surface area is 161 Å². The number of aromatic nitrogens is 2. The first-order valence-electron chi connectivity index (χ1n) is 8.55. The van der Waals surface area contributed by atoms with Gasteiger partial charge in [-0.3, -0.25) is 0 Å². The molecular weight excluding hydrogens is 375 g/mol. The molecule has 0 bridgehead atoms. The number of thiol groups is 1. The van der Waals surface area contributed by atoms with Gasteiger partial charge < -0.3 is 9.64 Å². The highest BCUT2D eigenvalue weighted by Crippen LogP contribution is 2.26. The Bertz CT molecular complexity index is 804. The molecule has 1 fully saturated rings. The lowest BCUT2D eigenvalue weighted by Gasteiger charge is -2.24. The second-order valence-electron chi connectivity index (χ2n) is 6.45. The first-order valence-corrected chi connectivity index (χ1v) is 9.07. The van der Waals surface area contributed by atoms with Crippen LogP contribution in [0.4, 0.5) is 19.1 Å². The highest BCUT2D eigenvalue weighted by molar-refractivity contribution is 7.81. The summed E-state index contributed by atoms with van der Waals surface area (Å²) in [5.41, 5.74) is 0.947. The lowest BCUT2D eigenvalue weighted by Crippen LogP contribution is -2.34. The fourth-order valence-electron chi connectivity index (χ4n) is 3.04. The average Bonchev–Trinajstić information content (AvgIpc) is 3.01. The van der Waals surface area contributed by atoms with Crippen LogP contribution in [0.1, 0.15) is 17.5 Å². The van der Waals surface area contributed by atoms with E-state index in [4.69, 9.17) is 4.74 Å². The average molecular weight is 395 g/mol. The zero-order valence-electron chi connectivity index (χ0n) is 14.6. The van der Waals surface area contributed by atoms with Gasteiger partial charge in [-0.25, -0.2) is 23.1 Å². The van der Waals surface area contributed by atoms with E-state index in [-0.39, 0.29) is 30.1 Å². The van der Waals surface area contributed by atoms with Gasteiger partial charge in [-0.05, 0) is 24.5 Å². The van der Waals surface area contributed by atoms with Crippen LogP contribution in [0.25, 0.3) is 0 Å². The molecule has 0 aliphatic carbocycles. The zero-order chi connectivity index (χ0) is 19.4. The van der Waals surface area contributed by atoms with Crippen molar-refractivity contribution in [2.24, 2.45) is 0 Å². The van der Waals surface area contributed by atoms with E-state index in [2.05, 4.69) is 29.2 Å². The van der Waals surface area contributed by atoms with Gasteiger partial charge in [-0.2, -0.15) is 12.6 Å². The predicted molar refractivity (Wildman–Crippen MR) is 100 cm³/mol. The third kappa shape index (κ3) is 4.81. The van der Waals surface area contributed by atoms with E-state index in [1.54, 1.807) is 18.5 Å². The standard InChI is InChI=1S/C19H20F3N3OS/c1-2-3-12-7-23-19(24-8-12)25-9-15(27)5-14(25)11-26-10-13-4-17(21)18(22)6-16(13)20/h2,4,6-8,14-15,27H,1,3,5,9-11H2/t14-,15+/m0/s1. The van der Waals surface area contributed by atoms with Crippen LogP contribution < -0.4 is 4.90 Å². The number of halogens is 3. The molecule has 1 aliphatic heterocycles. The number of allylic oxidation sites excluding steroid dienone is 1. The Morgan fingerprint density at radius 1 is 1.19 bits per heavy atom. The number of hydrogen-bond acceptors (Lipinski definition) is 5. The zero-order valence-corrected chi connectivity index (χ0v) is 15.5. The van der Waals surface area contributed by atoms with E-state index >= 15 is 0 Å². The van der Waals surface area contributed by atoms with Gasteiger partial charge in [0.1, 0.15) is 5.82 Å². The summed E-state index contributed by atoms with van der Waals surface area (Å²) in [7, 11) is 0. The molecule has 2 heterocycles.